The molecule has 0 bridgehead atoms. The minimum atomic E-state index is -0.416. The monoisotopic (exact) mass is 853 g/mol. The van der Waals surface area contributed by atoms with Gasteiger partial charge in [-0.1, -0.05) is 181 Å². The molecule has 3 nitrogen and oxygen atoms in total. The molecular formula is C62H49BN2O. The summed E-state index contributed by atoms with van der Waals surface area (Å²) in [5.41, 5.74) is 12.4. The number of benzene rings is 9. The molecule has 0 saturated carbocycles. The number of fused-ring (bicyclic) bond motifs is 15. The zero-order chi connectivity index (χ0) is 49.0. The fraction of sp³-hybridized carbons (Fsp3) is 0.129. The van der Waals surface area contributed by atoms with E-state index in [1.54, 1.807) is 0 Å². The van der Waals surface area contributed by atoms with Crippen LogP contribution in [-0.2, 0) is 10.8 Å². The third kappa shape index (κ3) is 5.64. The second kappa shape index (κ2) is 14.0. The third-order valence-electron chi connectivity index (χ3n) is 14.2. The molecule has 0 N–H and O–H groups in total. The molecule has 0 spiro atoms. The standard InChI is InChI=1S/C62H49BN2O/c1-61(2,3)40-35-49-47-25-15-16-26-53(47)64(59(49)50(36-40)62(4,5)6)41-29-31-51-55(37-41)65-54-27-17-14-24-46(54)44-22-12-10-20-42(44)43-21-11-13-23-45(43)48-30-33-57-58(60(48)65)63(51)52-34-39(28-32-56(52)66-57)38-18-8-7-9-19-38/h7-37H,1-6H3/i7D,8D,9D,18D,19D. The summed E-state index contributed by atoms with van der Waals surface area (Å²) in [7, 11) is 0. The molecule has 4 heteroatoms. The first-order chi connectivity index (χ1) is 34.1. The van der Waals surface area contributed by atoms with Gasteiger partial charge in [0.1, 0.15) is 11.5 Å². The van der Waals surface area contributed by atoms with Gasteiger partial charge in [0.25, 0.3) is 6.71 Å². The van der Waals surface area contributed by atoms with Crippen LogP contribution in [0.2, 0.25) is 0 Å². The van der Waals surface area contributed by atoms with E-state index in [-0.39, 0.29) is 47.3 Å². The van der Waals surface area contributed by atoms with Crippen LogP contribution in [0.5, 0.6) is 11.5 Å². The lowest BCUT2D eigenvalue weighted by molar-refractivity contribution is 0.488. The second-order valence-electron chi connectivity index (χ2n) is 20.1. The number of aromatic nitrogens is 2. The highest BCUT2D eigenvalue weighted by Crippen LogP contribution is 2.44. The molecule has 66 heavy (non-hydrogen) atoms. The quantitative estimate of drug-likeness (QED) is 0.159. The molecule has 2 aliphatic heterocycles. The maximum absolute atomic E-state index is 9.02. The number of nitrogens with zero attached hydrogens (tertiary/aromatic N) is 2. The minimum Gasteiger partial charge on any atom is -0.458 e. The molecule has 0 radical (unpaired) electrons. The van der Waals surface area contributed by atoms with Crippen LogP contribution in [0, 0.1) is 0 Å². The molecule has 0 saturated heterocycles. The molecule has 11 aromatic rings. The molecule has 0 atom stereocenters. The Balaban J connectivity index is 1.23. The molecule has 2 aromatic heterocycles. The molecule has 13 rings (SSSR count). The fourth-order valence-corrected chi connectivity index (χ4v) is 11.1. The lowest BCUT2D eigenvalue weighted by atomic mass is 9.34. The van der Waals surface area contributed by atoms with Crippen LogP contribution in [-0.4, -0.2) is 15.8 Å². The number of ether oxygens (including phenoxy) is 1. The van der Waals surface area contributed by atoms with Crippen LogP contribution in [0.4, 0.5) is 0 Å². The van der Waals surface area contributed by atoms with Crippen molar-refractivity contribution >= 4 is 88.3 Å². The number of para-hydroxylation sites is 2. The van der Waals surface area contributed by atoms with E-state index >= 15 is 0 Å². The van der Waals surface area contributed by atoms with Gasteiger partial charge in [-0.3, -0.25) is 0 Å². The minimum absolute atomic E-state index is 0.0651. The van der Waals surface area contributed by atoms with Crippen molar-refractivity contribution in [3.8, 4) is 34.0 Å². The van der Waals surface area contributed by atoms with Gasteiger partial charge in [-0.05, 0) is 120 Å². The van der Waals surface area contributed by atoms with E-state index in [2.05, 4.69) is 190 Å². The zero-order valence-electron chi connectivity index (χ0n) is 42.9. The summed E-state index contributed by atoms with van der Waals surface area (Å²) in [4.78, 5) is 0. The third-order valence-corrected chi connectivity index (χ3v) is 14.2. The van der Waals surface area contributed by atoms with Crippen molar-refractivity contribution in [2.24, 2.45) is 0 Å². The van der Waals surface area contributed by atoms with E-state index in [1.807, 2.05) is 18.2 Å². The van der Waals surface area contributed by atoms with Crippen molar-refractivity contribution in [1.82, 2.24) is 9.13 Å². The molecule has 9 aromatic carbocycles. The van der Waals surface area contributed by atoms with Gasteiger partial charge in [-0.25, -0.2) is 0 Å². The van der Waals surface area contributed by atoms with Crippen molar-refractivity contribution in [3.05, 3.63) is 199 Å². The van der Waals surface area contributed by atoms with E-state index < -0.39 is 6.04 Å². The number of rotatable bonds is 2. The van der Waals surface area contributed by atoms with Gasteiger partial charge >= 0.3 is 0 Å². The Morgan fingerprint density at radius 2 is 1.05 bits per heavy atom. The van der Waals surface area contributed by atoms with Crippen molar-refractivity contribution < 1.29 is 11.6 Å². The maximum Gasteiger partial charge on any atom is 0.256 e. The molecule has 0 amide bonds. The van der Waals surface area contributed by atoms with E-state index in [0.717, 1.165) is 82.4 Å². The maximum atomic E-state index is 9.02. The lowest BCUT2D eigenvalue weighted by Crippen LogP contribution is -2.58. The average Bonchev–Trinajstić information content (AvgIpc) is 3.72. The zero-order valence-corrected chi connectivity index (χ0v) is 37.9. The van der Waals surface area contributed by atoms with Crippen molar-refractivity contribution in [2.45, 2.75) is 52.4 Å². The van der Waals surface area contributed by atoms with Crippen LogP contribution in [0.15, 0.2) is 188 Å². The lowest BCUT2D eigenvalue weighted by Gasteiger charge is -2.35. The Bertz CT molecular complexity index is 4220. The highest BCUT2D eigenvalue weighted by Gasteiger charge is 2.40. The first-order valence-corrected chi connectivity index (χ1v) is 23.0. The van der Waals surface area contributed by atoms with E-state index in [4.69, 9.17) is 11.6 Å². The first kappa shape index (κ1) is 33.9. The summed E-state index contributed by atoms with van der Waals surface area (Å²) < 4.78 is 55.6. The van der Waals surface area contributed by atoms with Gasteiger partial charge in [0.05, 0.1) is 28.9 Å². The summed E-state index contributed by atoms with van der Waals surface area (Å²) in [5.74, 6) is 1.40. The molecule has 2 aliphatic rings. The summed E-state index contributed by atoms with van der Waals surface area (Å²) in [6.45, 7) is 13.5. The number of hydrogen-bond donors (Lipinski definition) is 0. The first-order valence-electron chi connectivity index (χ1n) is 25.5. The predicted octanol–water partition coefficient (Wildman–Crippen LogP) is 14.5. The molecular weight excluding hydrogens is 800 g/mol. The van der Waals surface area contributed by atoms with Crippen molar-refractivity contribution in [1.29, 1.82) is 0 Å². The van der Waals surface area contributed by atoms with Gasteiger partial charge in [0.2, 0.25) is 0 Å². The van der Waals surface area contributed by atoms with Crippen LogP contribution in [0.25, 0.3) is 87.7 Å². The van der Waals surface area contributed by atoms with Gasteiger partial charge < -0.3 is 13.9 Å². The van der Waals surface area contributed by atoms with Crippen molar-refractivity contribution in [2.75, 3.05) is 0 Å². The summed E-state index contributed by atoms with van der Waals surface area (Å²) in [5, 5.41) is 9.09. The van der Waals surface area contributed by atoms with Gasteiger partial charge in [0.15, 0.2) is 0 Å². The van der Waals surface area contributed by atoms with E-state index in [1.165, 1.54) is 27.4 Å². The molecule has 4 heterocycles. The Hall–Kier alpha value is -7.56. The van der Waals surface area contributed by atoms with E-state index in [9.17, 15) is 0 Å². The smallest absolute Gasteiger partial charge is 0.256 e. The highest BCUT2D eigenvalue weighted by atomic mass is 16.5. The topological polar surface area (TPSA) is 19.1 Å². The van der Waals surface area contributed by atoms with Crippen LogP contribution < -0.4 is 21.1 Å². The van der Waals surface area contributed by atoms with Gasteiger partial charge in [0, 0.05) is 32.9 Å². The summed E-state index contributed by atoms with van der Waals surface area (Å²) in [6.07, 6.45) is 0. The summed E-state index contributed by atoms with van der Waals surface area (Å²) >= 11 is 0. The Kier molecular flexibility index (Phi) is 7.17. The molecule has 0 fully saturated rings. The normalized spacial score (nSPS) is 14.2. The fourth-order valence-electron chi connectivity index (χ4n) is 11.1. The number of hydrogen-bond acceptors (Lipinski definition) is 1. The van der Waals surface area contributed by atoms with E-state index in [0.29, 0.717) is 11.3 Å². The Morgan fingerprint density at radius 3 is 1.71 bits per heavy atom. The molecule has 0 aliphatic carbocycles. The summed E-state index contributed by atoms with van der Waals surface area (Å²) in [6, 6.07) is 55.1. The Morgan fingerprint density at radius 1 is 0.455 bits per heavy atom. The van der Waals surface area contributed by atoms with Gasteiger partial charge in [-0.15, -0.1) is 0 Å². The van der Waals surface area contributed by atoms with Crippen molar-refractivity contribution in [3.63, 3.8) is 0 Å². The largest absolute Gasteiger partial charge is 0.458 e. The highest BCUT2D eigenvalue weighted by molar-refractivity contribution is 6.99. The SMILES string of the molecule is [2H]c1c([2H])c([2H])c(-c2ccc3c(c2)B2c4ccc(-n5c6ccccc6c6cc(C(C)(C)C)cc(C(C)(C)C)c65)cc4-n4c5ccccc5c5ccccc5c5ccccc5c5ccc(c2c54)O3)c([2H])c1[2H]. The Labute approximate surface area is 392 Å². The van der Waals surface area contributed by atoms with Crippen LogP contribution in [0.1, 0.15) is 59.5 Å². The average molecular weight is 854 g/mol. The predicted molar refractivity (Wildman–Crippen MR) is 282 cm³/mol. The van der Waals surface area contributed by atoms with Gasteiger partial charge in [-0.2, -0.15) is 0 Å². The molecule has 316 valence electrons. The second-order valence-corrected chi connectivity index (χ2v) is 20.1. The van der Waals surface area contributed by atoms with Crippen LogP contribution >= 0.6 is 0 Å². The van der Waals surface area contributed by atoms with Crippen LogP contribution in [0.3, 0.4) is 0 Å². The molecule has 0 unspecified atom stereocenters.